The molecular weight excluding hydrogens is 559 g/mol. The predicted molar refractivity (Wildman–Crippen MR) is 184 cm³/mol. The van der Waals surface area contributed by atoms with E-state index >= 15 is 0 Å². The van der Waals surface area contributed by atoms with Crippen LogP contribution in [0, 0.1) is 0 Å². The molecule has 0 amide bonds. The zero-order valence-electron chi connectivity index (χ0n) is 24.6. The number of hydrogen-bond donors (Lipinski definition) is 0. The fourth-order valence-electron chi connectivity index (χ4n) is 6.69. The summed E-state index contributed by atoms with van der Waals surface area (Å²) >= 11 is 0.349. The molecule has 0 unspecified atom stereocenters. The normalized spacial score (nSPS) is 12.1. The quantitative estimate of drug-likeness (QED) is 0.0833. The predicted octanol–water partition coefficient (Wildman–Crippen LogP) is 11.9. The van der Waals surface area contributed by atoms with E-state index in [4.69, 9.17) is 0 Å². The van der Waals surface area contributed by atoms with Crippen molar-refractivity contribution in [2.24, 2.45) is 0 Å². The van der Waals surface area contributed by atoms with Crippen LogP contribution in [-0.4, -0.2) is 14.5 Å². The van der Waals surface area contributed by atoms with Crippen molar-refractivity contribution in [3.63, 3.8) is 0 Å². The molecule has 0 radical (unpaired) electrons. The Balaban J connectivity index is 1.27. The number of unbranched alkanes of at least 4 members (excludes halogenated alkanes) is 6. The summed E-state index contributed by atoms with van der Waals surface area (Å²) in [7, 11) is 0. The van der Waals surface area contributed by atoms with Crippen LogP contribution in [0.3, 0.4) is 0 Å². The molecule has 0 aliphatic carbocycles. The second-order valence-corrected chi connectivity index (χ2v) is 14.5. The third-order valence-electron chi connectivity index (χ3n) is 9.06. The Morgan fingerprint density at radius 1 is 0.390 bits per heavy atom. The molecule has 0 fully saturated rings. The van der Waals surface area contributed by atoms with E-state index in [9.17, 15) is 0 Å². The molecule has 0 N–H and O–H groups in total. The van der Waals surface area contributed by atoms with Crippen LogP contribution in [0.4, 0.5) is 0 Å². The maximum absolute atomic E-state index is 2.48. The molecule has 0 nitrogen and oxygen atoms in total. The van der Waals surface area contributed by atoms with E-state index < -0.39 is 0 Å². The Bertz CT molecular complexity index is 1880. The van der Waals surface area contributed by atoms with Crippen LogP contribution in [-0.2, 0) is 12.8 Å². The van der Waals surface area contributed by atoms with Crippen LogP contribution in [0.15, 0.2) is 84.9 Å². The van der Waals surface area contributed by atoms with Crippen LogP contribution < -0.4 is 0 Å². The van der Waals surface area contributed by atoms with Gasteiger partial charge in [-0.05, 0) is 0 Å². The standard InChI is InChI=1S/C40H40Se/c1-3-5-7-9-11-27-13-15-29-19-35-25-39-37(23-33(35)21-31(29)17-27)38-24-34-22-32-18-28(12-10-8-6-4-2)14-16-30(32)20-36(34)26-40(38)41-39/h13-26H,3-12H2,1-2H3. The Morgan fingerprint density at radius 2 is 0.805 bits per heavy atom. The third kappa shape index (κ3) is 5.43. The van der Waals surface area contributed by atoms with E-state index in [-0.39, 0.29) is 0 Å². The minimum atomic E-state index is 0.349. The molecule has 0 spiro atoms. The van der Waals surface area contributed by atoms with Gasteiger partial charge in [-0.1, -0.05) is 26.7 Å². The van der Waals surface area contributed by atoms with E-state index in [1.165, 1.54) is 138 Å². The zero-order valence-corrected chi connectivity index (χ0v) is 26.3. The molecule has 1 aromatic heterocycles. The van der Waals surface area contributed by atoms with Crippen molar-refractivity contribution in [1.82, 2.24) is 0 Å². The van der Waals surface area contributed by atoms with Crippen molar-refractivity contribution in [2.75, 3.05) is 0 Å². The van der Waals surface area contributed by atoms with E-state index in [1.54, 1.807) is 0 Å². The van der Waals surface area contributed by atoms with Gasteiger partial charge in [0.15, 0.2) is 0 Å². The van der Waals surface area contributed by atoms with Gasteiger partial charge < -0.3 is 0 Å². The van der Waals surface area contributed by atoms with Gasteiger partial charge in [-0.15, -0.1) is 0 Å². The van der Waals surface area contributed by atoms with E-state index in [1.807, 2.05) is 0 Å². The summed E-state index contributed by atoms with van der Waals surface area (Å²) in [5.74, 6) is 0. The average Bonchev–Trinajstić information content (AvgIpc) is 3.32. The van der Waals surface area contributed by atoms with Crippen LogP contribution in [0.5, 0.6) is 0 Å². The Hall–Kier alpha value is -3.12. The third-order valence-corrected chi connectivity index (χ3v) is 11.4. The summed E-state index contributed by atoms with van der Waals surface area (Å²) < 4.78 is 3.06. The summed E-state index contributed by atoms with van der Waals surface area (Å²) in [4.78, 5) is 0. The Labute approximate surface area is 250 Å². The molecule has 7 rings (SSSR count). The first-order valence-electron chi connectivity index (χ1n) is 15.9. The van der Waals surface area contributed by atoms with Gasteiger partial charge in [0.1, 0.15) is 0 Å². The van der Waals surface area contributed by atoms with Crippen molar-refractivity contribution in [2.45, 2.75) is 78.1 Å². The molecule has 0 aliphatic heterocycles. The molecule has 0 saturated carbocycles. The number of fused-ring (bicyclic) bond motifs is 7. The van der Waals surface area contributed by atoms with Gasteiger partial charge in [0.25, 0.3) is 0 Å². The molecule has 1 heterocycles. The molecule has 0 saturated heterocycles. The van der Waals surface area contributed by atoms with E-state index in [0.29, 0.717) is 14.5 Å². The van der Waals surface area contributed by atoms with Crippen molar-refractivity contribution >= 4 is 76.9 Å². The summed E-state index contributed by atoms with van der Waals surface area (Å²) in [6, 6.07) is 33.8. The van der Waals surface area contributed by atoms with Crippen molar-refractivity contribution < 1.29 is 0 Å². The SMILES string of the molecule is CCCCCCc1ccc2cc3cc4[se]c5cc6cc7ccc(CCCCCC)cc7cc6cc5c4cc3cc2c1. The first kappa shape index (κ1) is 26.8. The number of hydrogen-bond acceptors (Lipinski definition) is 0. The molecule has 41 heavy (non-hydrogen) atoms. The summed E-state index contributed by atoms with van der Waals surface area (Å²) in [6.07, 6.45) is 12.9. The second kappa shape index (κ2) is 11.6. The molecule has 1 heteroatoms. The van der Waals surface area contributed by atoms with Gasteiger partial charge in [-0.2, -0.15) is 0 Å². The average molecular weight is 600 g/mol. The fourth-order valence-corrected chi connectivity index (χ4v) is 9.13. The van der Waals surface area contributed by atoms with Crippen LogP contribution in [0.2, 0.25) is 0 Å². The maximum atomic E-state index is 2.48. The Morgan fingerprint density at radius 3 is 1.27 bits per heavy atom. The van der Waals surface area contributed by atoms with Gasteiger partial charge in [0.05, 0.1) is 0 Å². The van der Waals surface area contributed by atoms with Crippen molar-refractivity contribution in [3.8, 4) is 0 Å². The van der Waals surface area contributed by atoms with Gasteiger partial charge in [-0.3, -0.25) is 0 Å². The molecule has 0 bridgehead atoms. The van der Waals surface area contributed by atoms with Gasteiger partial charge >= 0.3 is 224 Å². The van der Waals surface area contributed by atoms with Gasteiger partial charge in [0, 0.05) is 0 Å². The van der Waals surface area contributed by atoms with E-state index in [2.05, 4.69) is 98.8 Å². The first-order valence-corrected chi connectivity index (χ1v) is 17.6. The second-order valence-electron chi connectivity index (χ2n) is 12.2. The summed E-state index contributed by atoms with van der Waals surface area (Å²) in [5, 5.41) is 13.9. The number of benzene rings is 6. The number of aryl methyl sites for hydroxylation is 2. The first-order chi connectivity index (χ1) is 20.2. The van der Waals surface area contributed by atoms with Crippen LogP contribution >= 0.6 is 0 Å². The minimum absolute atomic E-state index is 0.349. The summed E-state index contributed by atoms with van der Waals surface area (Å²) in [6.45, 7) is 4.57. The zero-order chi connectivity index (χ0) is 27.8. The van der Waals surface area contributed by atoms with E-state index in [0.717, 1.165) is 0 Å². The molecule has 0 atom stereocenters. The van der Waals surface area contributed by atoms with Gasteiger partial charge in [0.2, 0.25) is 0 Å². The molecule has 0 aliphatic rings. The van der Waals surface area contributed by atoms with Crippen molar-refractivity contribution in [1.29, 1.82) is 0 Å². The summed E-state index contributed by atoms with van der Waals surface area (Å²) in [5.41, 5.74) is 2.95. The molecule has 7 aromatic rings. The van der Waals surface area contributed by atoms with Crippen LogP contribution in [0.1, 0.15) is 76.3 Å². The molecule has 6 aromatic carbocycles. The van der Waals surface area contributed by atoms with Crippen LogP contribution in [0.25, 0.3) is 62.4 Å². The fraction of sp³-hybridized carbons (Fsp3) is 0.300. The molecular formula is C40H40Se. The Kier molecular flexibility index (Phi) is 7.59. The van der Waals surface area contributed by atoms with Gasteiger partial charge in [-0.25, -0.2) is 0 Å². The number of rotatable bonds is 10. The van der Waals surface area contributed by atoms with Crippen molar-refractivity contribution in [3.05, 3.63) is 96.1 Å². The monoisotopic (exact) mass is 600 g/mol. The topological polar surface area (TPSA) is 0 Å². The molecule has 206 valence electrons.